The predicted molar refractivity (Wildman–Crippen MR) is 134 cm³/mol. The summed E-state index contributed by atoms with van der Waals surface area (Å²) in [5.74, 6) is -0.545. The number of hydrazone groups is 1. The van der Waals surface area contributed by atoms with Gasteiger partial charge < -0.3 is 19.3 Å². The molecule has 35 heavy (non-hydrogen) atoms. The highest BCUT2D eigenvalue weighted by atomic mass is 79.9. The third kappa shape index (κ3) is 6.26. The molecule has 0 spiro atoms. The number of nitrogens with one attached hydrogen (secondary N) is 1. The van der Waals surface area contributed by atoms with Gasteiger partial charge in [0.25, 0.3) is 5.91 Å². The molecular weight excluding hydrogens is 516 g/mol. The van der Waals surface area contributed by atoms with E-state index in [0.717, 1.165) is 0 Å². The van der Waals surface area contributed by atoms with E-state index in [4.69, 9.17) is 14.2 Å². The Kier molecular flexibility index (Phi) is 8.99. The number of ether oxygens (including phenoxy) is 3. The van der Waals surface area contributed by atoms with E-state index in [-0.39, 0.29) is 13.2 Å². The minimum absolute atomic E-state index is 0.255. The van der Waals surface area contributed by atoms with Crippen molar-refractivity contribution in [2.45, 2.75) is 12.5 Å². The van der Waals surface area contributed by atoms with Crippen LogP contribution in [0.1, 0.15) is 23.6 Å². The van der Waals surface area contributed by atoms with Gasteiger partial charge in [0.15, 0.2) is 23.7 Å². The number of carbonyl (C=O) groups is 2. The first kappa shape index (κ1) is 25.9. The Balaban J connectivity index is 1.80. The number of carbonyl (C=O) groups excluding carboxylic acids is 2. The molecule has 0 fully saturated rings. The summed E-state index contributed by atoms with van der Waals surface area (Å²) in [6, 6.07) is 20.6. The molecule has 3 aromatic carbocycles. The van der Waals surface area contributed by atoms with Crippen LogP contribution in [-0.2, 0) is 19.9 Å². The quantitative estimate of drug-likeness (QED) is 0.230. The highest BCUT2D eigenvalue weighted by Gasteiger charge is 2.39. The summed E-state index contributed by atoms with van der Waals surface area (Å²) in [6.07, 6.45) is 1.40. The van der Waals surface area contributed by atoms with Crippen LogP contribution in [0.3, 0.4) is 0 Å². The Morgan fingerprint density at radius 3 is 2.20 bits per heavy atom. The lowest BCUT2D eigenvalue weighted by Crippen LogP contribution is -2.43. The normalized spacial score (nSPS) is 11.2. The molecule has 0 saturated heterocycles. The number of rotatable bonds is 10. The summed E-state index contributed by atoms with van der Waals surface area (Å²) in [5, 5.41) is 15.5. The largest absolute Gasteiger partial charge is 0.493 e. The molecule has 0 radical (unpaired) electrons. The SMILES string of the molecule is CCOC(=O)COc1c(Br)cc(/C=N\NC(=O)C(O)(c2ccccc2)c2ccccc2)cc1OC. The second kappa shape index (κ2) is 12.1. The van der Waals surface area contributed by atoms with Crippen LogP contribution < -0.4 is 14.9 Å². The zero-order valence-corrected chi connectivity index (χ0v) is 20.8. The Morgan fingerprint density at radius 1 is 1.06 bits per heavy atom. The predicted octanol–water partition coefficient (Wildman–Crippen LogP) is 3.79. The lowest BCUT2D eigenvalue weighted by atomic mass is 9.85. The average Bonchev–Trinajstić information content (AvgIpc) is 2.88. The van der Waals surface area contributed by atoms with Crippen molar-refractivity contribution in [3.05, 3.63) is 94.0 Å². The van der Waals surface area contributed by atoms with Crippen molar-refractivity contribution >= 4 is 34.0 Å². The van der Waals surface area contributed by atoms with Crippen LogP contribution in [0.2, 0.25) is 0 Å². The van der Waals surface area contributed by atoms with E-state index in [9.17, 15) is 14.7 Å². The Bertz CT molecular complexity index is 1150. The standard InChI is InChI=1S/C26H25BrN2O6/c1-3-34-23(30)17-35-24-21(27)14-18(15-22(24)33-2)16-28-29-25(31)26(32,19-10-6-4-7-11-19)20-12-8-5-9-13-20/h4-16,32H,3,17H2,1-2H3,(H,29,31)/b28-16-. The van der Waals surface area contributed by atoms with E-state index in [0.29, 0.717) is 32.7 Å². The number of esters is 1. The second-order valence-corrected chi connectivity index (χ2v) is 8.12. The van der Waals surface area contributed by atoms with E-state index >= 15 is 0 Å². The maximum atomic E-state index is 13.1. The van der Waals surface area contributed by atoms with Crippen molar-refractivity contribution in [2.75, 3.05) is 20.3 Å². The molecule has 9 heteroatoms. The van der Waals surface area contributed by atoms with E-state index in [1.807, 2.05) is 0 Å². The molecule has 0 heterocycles. The highest BCUT2D eigenvalue weighted by molar-refractivity contribution is 9.10. The zero-order valence-electron chi connectivity index (χ0n) is 19.2. The topological polar surface area (TPSA) is 106 Å². The van der Waals surface area contributed by atoms with Crippen LogP contribution in [-0.4, -0.2) is 43.5 Å². The van der Waals surface area contributed by atoms with Gasteiger partial charge in [-0.15, -0.1) is 0 Å². The molecule has 0 atom stereocenters. The van der Waals surface area contributed by atoms with Gasteiger partial charge in [0.2, 0.25) is 0 Å². The van der Waals surface area contributed by atoms with Crippen molar-refractivity contribution in [3.63, 3.8) is 0 Å². The molecule has 1 amide bonds. The number of hydrogen-bond donors (Lipinski definition) is 2. The first-order chi connectivity index (χ1) is 16.9. The van der Waals surface area contributed by atoms with Crippen molar-refractivity contribution in [2.24, 2.45) is 5.10 Å². The summed E-state index contributed by atoms with van der Waals surface area (Å²) in [7, 11) is 1.46. The van der Waals surface area contributed by atoms with E-state index in [1.165, 1.54) is 13.3 Å². The number of benzene rings is 3. The molecule has 3 rings (SSSR count). The Hall–Kier alpha value is -3.69. The van der Waals surface area contributed by atoms with Gasteiger partial charge in [0, 0.05) is 0 Å². The maximum absolute atomic E-state index is 13.1. The fourth-order valence-electron chi connectivity index (χ4n) is 3.32. The monoisotopic (exact) mass is 540 g/mol. The fourth-order valence-corrected chi connectivity index (χ4v) is 3.90. The first-order valence-electron chi connectivity index (χ1n) is 10.7. The minimum atomic E-state index is -1.94. The molecular formula is C26H25BrN2O6. The van der Waals surface area contributed by atoms with Crippen LogP contribution in [0.5, 0.6) is 11.5 Å². The molecule has 0 aliphatic heterocycles. The van der Waals surface area contributed by atoms with Crippen LogP contribution in [0, 0.1) is 0 Å². The number of aliphatic hydroxyl groups is 1. The van der Waals surface area contributed by atoms with Gasteiger partial charge in [0.05, 0.1) is 24.4 Å². The van der Waals surface area contributed by atoms with Crippen molar-refractivity contribution in [1.82, 2.24) is 5.43 Å². The van der Waals surface area contributed by atoms with Crippen molar-refractivity contribution in [1.29, 1.82) is 0 Å². The molecule has 8 nitrogen and oxygen atoms in total. The second-order valence-electron chi connectivity index (χ2n) is 7.27. The van der Waals surface area contributed by atoms with Gasteiger partial charge in [-0.05, 0) is 51.7 Å². The van der Waals surface area contributed by atoms with Gasteiger partial charge >= 0.3 is 5.97 Å². The summed E-state index contributed by atoms with van der Waals surface area (Å²) in [6.45, 7) is 1.69. The third-order valence-electron chi connectivity index (χ3n) is 4.98. The third-order valence-corrected chi connectivity index (χ3v) is 5.57. The van der Waals surface area contributed by atoms with Gasteiger partial charge in [-0.1, -0.05) is 60.7 Å². The number of nitrogens with zero attached hydrogens (tertiary/aromatic N) is 1. The Morgan fingerprint density at radius 2 is 1.66 bits per heavy atom. The molecule has 182 valence electrons. The fraction of sp³-hybridized carbons (Fsp3) is 0.192. The average molecular weight is 541 g/mol. The van der Waals surface area contributed by atoms with Crippen molar-refractivity contribution in [3.8, 4) is 11.5 Å². The summed E-state index contributed by atoms with van der Waals surface area (Å²) in [5.41, 5.74) is 1.87. The summed E-state index contributed by atoms with van der Waals surface area (Å²) in [4.78, 5) is 24.7. The number of methoxy groups -OCH3 is 1. The lowest BCUT2D eigenvalue weighted by molar-refractivity contribution is -0.145. The highest BCUT2D eigenvalue weighted by Crippen LogP contribution is 2.36. The van der Waals surface area contributed by atoms with Crippen LogP contribution in [0.25, 0.3) is 0 Å². The van der Waals surface area contributed by atoms with Gasteiger partial charge in [0.1, 0.15) is 0 Å². The molecule has 0 unspecified atom stereocenters. The molecule has 0 bridgehead atoms. The molecule has 0 aliphatic rings. The number of amides is 1. The van der Waals surface area contributed by atoms with Crippen LogP contribution in [0.15, 0.2) is 82.4 Å². The smallest absolute Gasteiger partial charge is 0.344 e. The first-order valence-corrected chi connectivity index (χ1v) is 11.5. The molecule has 3 aromatic rings. The lowest BCUT2D eigenvalue weighted by Gasteiger charge is -2.27. The Labute approximate surface area is 211 Å². The maximum Gasteiger partial charge on any atom is 0.344 e. The van der Waals surface area contributed by atoms with E-state index in [2.05, 4.69) is 26.5 Å². The van der Waals surface area contributed by atoms with Gasteiger partial charge in [-0.25, -0.2) is 10.2 Å². The van der Waals surface area contributed by atoms with Gasteiger partial charge in [-0.2, -0.15) is 5.10 Å². The van der Waals surface area contributed by atoms with E-state index in [1.54, 1.807) is 79.7 Å². The van der Waals surface area contributed by atoms with E-state index < -0.39 is 17.5 Å². The van der Waals surface area contributed by atoms with Crippen molar-refractivity contribution < 1.29 is 28.9 Å². The zero-order chi connectivity index (χ0) is 25.3. The summed E-state index contributed by atoms with van der Waals surface area (Å²) < 4.78 is 16.3. The number of hydrogen-bond acceptors (Lipinski definition) is 7. The minimum Gasteiger partial charge on any atom is -0.493 e. The number of halogens is 1. The molecule has 0 aliphatic carbocycles. The van der Waals surface area contributed by atoms with Crippen LogP contribution in [0.4, 0.5) is 0 Å². The van der Waals surface area contributed by atoms with Crippen LogP contribution >= 0.6 is 15.9 Å². The molecule has 0 saturated carbocycles. The molecule has 2 N–H and O–H groups in total. The van der Waals surface area contributed by atoms with Gasteiger partial charge in [-0.3, -0.25) is 4.79 Å². The summed E-state index contributed by atoms with van der Waals surface area (Å²) >= 11 is 3.40. The molecule has 0 aromatic heterocycles.